The second-order valence-corrected chi connectivity index (χ2v) is 7.18. The van der Waals surface area contributed by atoms with Gasteiger partial charge in [-0.05, 0) is 25.7 Å². The predicted octanol–water partition coefficient (Wildman–Crippen LogP) is 1.95. The van der Waals surface area contributed by atoms with Gasteiger partial charge in [-0.25, -0.2) is 8.42 Å². The molecular weight excluding hydrogens is 278 g/mol. The van der Waals surface area contributed by atoms with Crippen LogP contribution >= 0.6 is 0 Å². The zero-order chi connectivity index (χ0) is 15.0. The summed E-state index contributed by atoms with van der Waals surface area (Å²) in [6.07, 6.45) is 6.80. The van der Waals surface area contributed by atoms with Crippen LogP contribution < -0.4 is 0 Å². The molecule has 0 amide bonds. The van der Waals surface area contributed by atoms with E-state index in [0.717, 1.165) is 25.7 Å². The highest BCUT2D eigenvalue weighted by Gasteiger charge is 2.28. The highest BCUT2D eigenvalue weighted by atomic mass is 32.2. The molecule has 5 nitrogen and oxygen atoms in total. The Morgan fingerprint density at radius 3 is 2.55 bits per heavy atom. The van der Waals surface area contributed by atoms with Gasteiger partial charge in [0, 0.05) is 6.54 Å². The zero-order valence-electron chi connectivity index (χ0n) is 12.2. The molecule has 116 valence electrons. The Bertz CT molecular complexity index is 413. The Kier molecular flexibility index (Phi) is 7.23. The lowest BCUT2D eigenvalue weighted by Gasteiger charge is -2.25. The number of sulfonamides is 1. The van der Waals surface area contributed by atoms with Crippen LogP contribution in [-0.2, 0) is 19.6 Å². The van der Waals surface area contributed by atoms with Crippen LogP contribution in [0.2, 0.25) is 0 Å². The van der Waals surface area contributed by atoms with Gasteiger partial charge in [0.25, 0.3) is 0 Å². The lowest BCUT2D eigenvalue weighted by molar-refractivity contribution is -0.143. The number of ether oxygens (including phenoxy) is 1. The fourth-order valence-electron chi connectivity index (χ4n) is 2.53. The first-order valence-electron chi connectivity index (χ1n) is 7.24. The quantitative estimate of drug-likeness (QED) is 0.508. The molecule has 0 aromatic rings. The smallest absolute Gasteiger partial charge is 0.321 e. The molecule has 0 spiro atoms. The molecule has 0 unspecified atom stereocenters. The van der Waals surface area contributed by atoms with Crippen molar-refractivity contribution in [3.8, 4) is 0 Å². The molecule has 6 heteroatoms. The van der Waals surface area contributed by atoms with Crippen LogP contribution in [-0.4, -0.2) is 44.1 Å². The van der Waals surface area contributed by atoms with E-state index in [4.69, 9.17) is 4.74 Å². The Labute approximate surface area is 122 Å². The van der Waals surface area contributed by atoms with Crippen molar-refractivity contribution in [3.63, 3.8) is 0 Å². The van der Waals surface area contributed by atoms with Crippen molar-refractivity contribution in [1.82, 2.24) is 4.31 Å². The summed E-state index contributed by atoms with van der Waals surface area (Å²) in [7, 11) is -3.44. The van der Waals surface area contributed by atoms with Gasteiger partial charge >= 0.3 is 5.97 Å². The van der Waals surface area contributed by atoms with E-state index < -0.39 is 16.0 Å². The third kappa shape index (κ3) is 5.63. The first-order chi connectivity index (χ1) is 9.49. The second-order valence-electron chi connectivity index (χ2n) is 5.17. The van der Waals surface area contributed by atoms with Gasteiger partial charge in [0.1, 0.15) is 6.54 Å². The van der Waals surface area contributed by atoms with E-state index in [0.29, 0.717) is 0 Å². The van der Waals surface area contributed by atoms with E-state index in [1.54, 1.807) is 6.92 Å². The molecule has 0 bridgehead atoms. The third-order valence-corrected chi connectivity index (χ3v) is 5.47. The number of hydrogen-bond donors (Lipinski definition) is 0. The summed E-state index contributed by atoms with van der Waals surface area (Å²) in [5.41, 5.74) is 0. The van der Waals surface area contributed by atoms with Crippen molar-refractivity contribution >= 4 is 16.0 Å². The first kappa shape index (κ1) is 17.2. The average molecular weight is 303 g/mol. The first-order valence-corrected chi connectivity index (χ1v) is 8.85. The van der Waals surface area contributed by atoms with Crippen molar-refractivity contribution in [2.75, 3.05) is 25.4 Å². The summed E-state index contributed by atoms with van der Waals surface area (Å²) >= 11 is 0. The van der Waals surface area contributed by atoms with Crippen LogP contribution in [0.25, 0.3) is 0 Å². The van der Waals surface area contributed by atoms with E-state index in [-0.39, 0.29) is 31.4 Å². The Morgan fingerprint density at radius 1 is 1.35 bits per heavy atom. The van der Waals surface area contributed by atoms with Gasteiger partial charge in [-0.15, -0.1) is 6.58 Å². The lowest BCUT2D eigenvalue weighted by atomic mass is 9.91. The standard InChI is InChI=1S/C14H25NO4S/c1-3-10-15(11-14(16)19-4-2)20(17,18)12-13-8-6-5-7-9-13/h3,13H,1,4-12H2,2H3. The van der Waals surface area contributed by atoms with Crippen molar-refractivity contribution in [3.05, 3.63) is 12.7 Å². The Balaban J connectivity index is 2.66. The molecule has 1 aliphatic carbocycles. The van der Waals surface area contributed by atoms with Crippen molar-refractivity contribution < 1.29 is 17.9 Å². The Hall–Kier alpha value is -0.880. The summed E-state index contributed by atoms with van der Waals surface area (Å²) < 4.78 is 30.8. The van der Waals surface area contributed by atoms with Gasteiger partial charge in [-0.1, -0.05) is 25.3 Å². The fraction of sp³-hybridized carbons (Fsp3) is 0.786. The molecule has 1 fully saturated rings. The largest absolute Gasteiger partial charge is 0.465 e. The van der Waals surface area contributed by atoms with E-state index >= 15 is 0 Å². The predicted molar refractivity (Wildman–Crippen MR) is 78.8 cm³/mol. The lowest BCUT2D eigenvalue weighted by Crippen LogP contribution is -2.39. The maximum absolute atomic E-state index is 12.4. The van der Waals surface area contributed by atoms with E-state index in [9.17, 15) is 13.2 Å². The highest BCUT2D eigenvalue weighted by molar-refractivity contribution is 7.89. The van der Waals surface area contributed by atoms with Crippen LogP contribution in [0, 0.1) is 5.92 Å². The van der Waals surface area contributed by atoms with Crippen LogP contribution in [0.5, 0.6) is 0 Å². The molecule has 0 radical (unpaired) electrons. The van der Waals surface area contributed by atoms with Crippen LogP contribution in [0.4, 0.5) is 0 Å². The van der Waals surface area contributed by atoms with Crippen LogP contribution in [0.1, 0.15) is 39.0 Å². The maximum atomic E-state index is 12.4. The summed E-state index contributed by atoms with van der Waals surface area (Å²) in [6.45, 7) is 5.43. The van der Waals surface area contributed by atoms with Gasteiger partial charge < -0.3 is 4.74 Å². The summed E-state index contributed by atoms with van der Waals surface area (Å²) in [5, 5.41) is 0. The van der Waals surface area contributed by atoms with Crippen LogP contribution in [0.3, 0.4) is 0 Å². The number of carbonyl (C=O) groups excluding carboxylic acids is 1. The molecule has 1 saturated carbocycles. The van der Waals surface area contributed by atoms with Crippen molar-refractivity contribution in [2.45, 2.75) is 39.0 Å². The maximum Gasteiger partial charge on any atom is 0.321 e. The molecule has 0 atom stereocenters. The third-order valence-electron chi connectivity index (χ3n) is 3.51. The molecule has 1 aliphatic rings. The molecule has 1 rings (SSSR count). The molecular formula is C14H25NO4S. The van der Waals surface area contributed by atoms with Crippen LogP contribution in [0.15, 0.2) is 12.7 Å². The summed E-state index contributed by atoms with van der Waals surface area (Å²) in [4.78, 5) is 11.5. The van der Waals surface area contributed by atoms with E-state index in [1.165, 1.54) is 16.8 Å². The second kappa shape index (κ2) is 8.42. The monoisotopic (exact) mass is 303 g/mol. The highest BCUT2D eigenvalue weighted by Crippen LogP contribution is 2.25. The number of hydrogen-bond acceptors (Lipinski definition) is 4. The van der Waals surface area contributed by atoms with Gasteiger partial charge in [-0.2, -0.15) is 4.31 Å². The summed E-state index contributed by atoms with van der Waals surface area (Å²) in [6, 6.07) is 0. The minimum Gasteiger partial charge on any atom is -0.465 e. The zero-order valence-corrected chi connectivity index (χ0v) is 13.0. The number of rotatable bonds is 8. The SMILES string of the molecule is C=CCN(CC(=O)OCC)S(=O)(=O)CC1CCCCC1. The van der Waals surface area contributed by atoms with E-state index in [1.807, 2.05) is 0 Å². The minimum atomic E-state index is -3.44. The van der Waals surface area contributed by atoms with Gasteiger partial charge in [0.05, 0.1) is 12.4 Å². The van der Waals surface area contributed by atoms with Gasteiger partial charge in [0.15, 0.2) is 0 Å². The topological polar surface area (TPSA) is 63.7 Å². The normalized spacial score (nSPS) is 17.1. The van der Waals surface area contributed by atoms with Crippen molar-refractivity contribution in [1.29, 1.82) is 0 Å². The molecule has 0 aliphatic heterocycles. The molecule has 0 N–H and O–H groups in total. The number of carbonyl (C=O) groups is 1. The number of nitrogens with zero attached hydrogens (tertiary/aromatic N) is 1. The van der Waals surface area contributed by atoms with Crippen molar-refractivity contribution in [2.24, 2.45) is 5.92 Å². The van der Waals surface area contributed by atoms with Gasteiger partial charge in [-0.3, -0.25) is 4.79 Å². The molecule has 0 aromatic heterocycles. The molecule has 0 saturated heterocycles. The molecule has 20 heavy (non-hydrogen) atoms. The Morgan fingerprint density at radius 2 is 2.00 bits per heavy atom. The average Bonchev–Trinajstić information content (AvgIpc) is 2.39. The minimum absolute atomic E-state index is 0.125. The molecule has 0 heterocycles. The van der Waals surface area contributed by atoms with E-state index in [2.05, 4.69) is 6.58 Å². The fourth-order valence-corrected chi connectivity index (χ4v) is 4.30. The summed E-state index contributed by atoms with van der Waals surface area (Å²) in [5.74, 6) is -0.176. The molecule has 0 aromatic carbocycles. The van der Waals surface area contributed by atoms with Gasteiger partial charge in [0.2, 0.25) is 10.0 Å². The number of esters is 1.